The maximum Gasteiger partial charge on any atom is 0.246 e. The van der Waals surface area contributed by atoms with Gasteiger partial charge < -0.3 is 11.1 Å². The average Bonchev–Trinajstić information content (AvgIpc) is 2.91. The summed E-state index contributed by atoms with van der Waals surface area (Å²) in [4.78, 5) is 11.1. The van der Waals surface area contributed by atoms with Gasteiger partial charge in [-0.2, -0.15) is 0 Å². The van der Waals surface area contributed by atoms with Crippen LogP contribution in [0.3, 0.4) is 0 Å². The molecule has 0 aromatic carbocycles. The maximum absolute atomic E-state index is 11.4. The Balaban J connectivity index is 1.79. The zero-order chi connectivity index (χ0) is 13.0. The van der Waals surface area contributed by atoms with Crippen molar-refractivity contribution in [3.05, 3.63) is 36.1 Å². The van der Waals surface area contributed by atoms with Gasteiger partial charge in [0.15, 0.2) is 3.67 Å². The number of nitrogens with one attached hydrogen (secondary N) is 2. The van der Waals surface area contributed by atoms with E-state index in [2.05, 4.69) is 10.6 Å². The van der Waals surface area contributed by atoms with Crippen LogP contribution < -0.4 is 16.4 Å². The molecule has 1 amide bonds. The molecule has 0 bridgehead atoms. The van der Waals surface area contributed by atoms with Gasteiger partial charge in [-0.3, -0.25) is 10.1 Å². The van der Waals surface area contributed by atoms with Crippen molar-refractivity contribution in [2.45, 2.75) is 20.6 Å². The van der Waals surface area contributed by atoms with Crippen molar-refractivity contribution in [3.8, 4) is 0 Å². The molecule has 0 aromatic heterocycles. The van der Waals surface area contributed by atoms with Crippen molar-refractivity contribution >= 4 is 40.9 Å². The van der Waals surface area contributed by atoms with Gasteiger partial charge in [0, 0.05) is 5.57 Å². The van der Waals surface area contributed by atoms with Crippen LogP contribution in [-0.2, 0) is 4.79 Å². The Bertz CT molecular complexity index is 503. The summed E-state index contributed by atoms with van der Waals surface area (Å²) in [5.74, 6) is -0.421. The molecule has 3 heterocycles. The maximum atomic E-state index is 11.4. The second-order valence-corrected chi connectivity index (χ2v) is 7.76. The first-order valence-electron chi connectivity index (χ1n) is 5.42. The largest absolute Gasteiger partial charge is 0.382 e. The summed E-state index contributed by atoms with van der Waals surface area (Å²) in [7, 11) is 0. The lowest BCUT2D eigenvalue weighted by Crippen LogP contribution is -2.41. The molecule has 3 rings (SSSR count). The zero-order valence-corrected chi connectivity index (χ0v) is 11.5. The number of dihydropyridines is 1. The number of alkyl halides is 2. The number of thioether (sulfide) groups is 1. The number of amides is 1. The van der Waals surface area contributed by atoms with Crippen molar-refractivity contribution < 1.29 is 4.79 Å². The normalized spacial score (nSPS) is 39.6. The van der Waals surface area contributed by atoms with Gasteiger partial charge >= 0.3 is 0 Å². The molecule has 7 heteroatoms. The minimum Gasteiger partial charge on any atom is -0.382 e. The van der Waals surface area contributed by atoms with Crippen LogP contribution in [0, 0.1) is 0 Å². The van der Waals surface area contributed by atoms with Gasteiger partial charge in [0.1, 0.15) is 4.87 Å². The van der Waals surface area contributed by atoms with Crippen LogP contribution in [-0.4, -0.2) is 26.5 Å². The highest BCUT2D eigenvalue weighted by molar-refractivity contribution is 8.05. The molecule has 1 spiro atoms. The molecule has 18 heavy (non-hydrogen) atoms. The van der Waals surface area contributed by atoms with E-state index in [4.69, 9.17) is 28.9 Å². The van der Waals surface area contributed by atoms with E-state index in [0.29, 0.717) is 5.57 Å². The van der Waals surface area contributed by atoms with Gasteiger partial charge in [-0.15, -0.1) is 0 Å². The molecule has 3 aliphatic rings. The molecule has 96 valence electrons. The van der Waals surface area contributed by atoms with E-state index < -0.39 is 9.57 Å². The minimum absolute atomic E-state index is 0.0434. The number of nitrogens with two attached hydrogens (primary N) is 1. The Labute approximate surface area is 119 Å². The molecular formula is C11H11Cl2N3OS. The monoisotopic (exact) mass is 303 g/mol. The van der Waals surface area contributed by atoms with E-state index in [1.165, 1.54) is 11.8 Å². The molecular weight excluding hydrogens is 293 g/mol. The summed E-state index contributed by atoms with van der Waals surface area (Å²) in [5.41, 5.74) is 5.94. The highest BCUT2D eigenvalue weighted by Gasteiger charge is 2.62. The summed E-state index contributed by atoms with van der Waals surface area (Å²) < 4.78 is -0.914. The Morgan fingerprint density at radius 2 is 2.22 bits per heavy atom. The van der Waals surface area contributed by atoms with Crippen LogP contribution in [0.15, 0.2) is 36.1 Å². The van der Waals surface area contributed by atoms with Crippen LogP contribution in [0.1, 0.15) is 0 Å². The van der Waals surface area contributed by atoms with Gasteiger partial charge in [-0.25, -0.2) is 0 Å². The van der Waals surface area contributed by atoms with Crippen LogP contribution in [0.4, 0.5) is 0 Å². The van der Waals surface area contributed by atoms with E-state index in [0.717, 1.165) is 0 Å². The van der Waals surface area contributed by atoms with Crippen LogP contribution in [0.25, 0.3) is 0 Å². The highest BCUT2D eigenvalue weighted by Crippen LogP contribution is 2.57. The Hall–Kier alpha value is -0.620. The SMILES string of the molecule is NC(=O)C1=CC=CNC1C1NC12C=CC(Cl)(Cl)S2. The summed E-state index contributed by atoms with van der Waals surface area (Å²) in [6.45, 7) is 0. The number of rotatable bonds is 2. The number of carbonyl (C=O) groups is 1. The molecule has 3 unspecified atom stereocenters. The van der Waals surface area contributed by atoms with Gasteiger partial charge in [-0.1, -0.05) is 41.0 Å². The molecule has 0 aromatic rings. The number of hydrogen-bond donors (Lipinski definition) is 3. The van der Waals surface area contributed by atoms with Crippen molar-refractivity contribution in [1.29, 1.82) is 0 Å². The fourth-order valence-corrected chi connectivity index (χ4v) is 4.37. The Morgan fingerprint density at radius 3 is 2.83 bits per heavy atom. The number of halogens is 2. The molecule has 0 saturated carbocycles. The fraction of sp³-hybridized carbons (Fsp3) is 0.364. The molecule has 4 nitrogen and oxygen atoms in total. The summed E-state index contributed by atoms with van der Waals surface area (Å²) >= 11 is 13.5. The number of allylic oxidation sites excluding steroid dienone is 2. The molecule has 0 radical (unpaired) electrons. The summed E-state index contributed by atoms with van der Waals surface area (Å²) in [5, 5.41) is 6.46. The topological polar surface area (TPSA) is 77.1 Å². The first-order chi connectivity index (χ1) is 8.44. The van der Waals surface area contributed by atoms with Crippen LogP contribution >= 0.6 is 35.0 Å². The van der Waals surface area contributed by atoms with Crippen molar-refractivity contribution in [3.63, 3.8) is 0 Å². The second-order valence-electron chi connectivity index (χ2n) is 4.40. The standard InChI is InChI=1S/C11H11Cl2N3OS/c12-11(13)4-3-10(18-11)8(16-10)7-6(9(14)17)2-1-5-15-7/h1-5,7-8,15-16H,(H2,14,17). The lowest BCUT2D eigenvalue weighted by molar-refractivity contribution is -0.114. The molecule has 3 aliphatic heterocycles. The molecule has 3 atom stereocenters. The predicted molar refractivity (Wildman–Crippen MR) is 74.2 cm³/mol. The third kappa shape index (κ3) is 1.95. The quantitative estimate of drug-likeness (QED) is 0.404. The zero-order valence-electron chi connectivity index (χ0n) is 9.19. The number of carbonyl (C=O) groups excluding carboxylic acids is 1. The van der Waals surface area contributed by atoms with Crippen molar-refractivity contribution in [2.75, 3.05) is 0 Å². The lowest BCUT2D eigenvalue weighted by atomic mass is 9.98. The van der Waals surface area contributed by atoms with Crippen LogP contribution in [0.5, 0.6) is 0 Å². The van der Waals surface area contributed by atoms with E-state index in [1.807, 2.05) is 6.08 Å². The number of primary amides is 1. The van der Waals surface area contributed by atoms with E-state index >= 15 is 0 Å². The molecule has 4 N–H and O–H groups in total. The highest BCUT2D eigenvalue weighted by atomic mass is 35.5. The van der Waals surface area contributed by atoms with Crippen molar-refractivity contribution in [1.82, 2.24) is 10.6 Å². The number of hydrogen-bond acceptors (Lipinski definition) is 4. The fourth-order valence-electron chi connectivity index (χ4n) is 2.31. The van der Waals surface area contributed by atoms with Gasteiger partial charge in [0.05, 0.1) is 12.1 Å². The smallest absolute Gasteiger partial charge is 0.246 e. The lowest BCUT2D eigenvalue weighted by Gasteiger charge is -2.22. The average molecular weight is 304 g/mol. The van der Waals surface area contributed by atoms with Gasteiger partial charge in [0.2, 0.25) is 5.91 Å². The molecule has 1 fully saturated rings. The van der Waals surface area contributed by atoms with E-state index in [1.54, 1.807) is 24.4 Å². The van der Waals surface area contributed by atoms with Crippen LogP contribution in [0.2, 0.25) is 0 Å². The van der Waals surface area contributed by atoms with Gasteiger partial charge in [0.25, 0.3) is 0 Å². The predicted octanol–water partition coefficient (Wildman–Crippen LogP) is 0.986. The van der Waals surface area contributed by atoms with Gasteiger partial charge in [-0.05, 0) is 24.4 Å². The van der Waals surface area contributed by atoms with E-state index in [9.17, 15) is 4.79 Å². The van der Waals surface area contributed by atoms with Crippen molar-refractivity contribution in [2.24, 2.45) is 5.73 Å². The van der Waals surface area contributed by atoms with E-state index in [-0.39, 0.29) is 17.0 Å². The third-order valence-corrected chi connectivity index (χ3v) is 5.16. The minimum atomic E-state index is -0.914. The Kier molecular flexibility index (Phi) is 2.71. The first kappa shape index (κ1) is 12.4. The molecule has 0 aliphatic carbocycles. The third-order valence-electron chi connectivity index (χ3n) is 3.19. The summed E-state index contributed by atoms with van der Waals surface area (Å²) in [6, 6.07) is -0.117. The molecule has 1 saturated heterocycles. The Morgan fingerprint density at radius 1 is 1.44 bits per heavy atom. The summed E-state index contributed by atoms with van der Waals surface area (Å²) in [6.07, 6.45) is 8.98. The first-order valence-corrected chi connectivity index (χ1v) is 6.99. The second kappa shape index (κ2) is 3.93.